The van der Waals surface area contributed by atoms with Crippen molar-refractivity contribution in [3.05, 3.63) is 12.2 Å². The molecule has 4 nitrogen and oxygen atoms in total. The molecule has 1 fully saturated rings. The normalized spacial score (nSPS) is 25.1. The molecule has 0 aromatic rings. The van der Waals surface area contributed by atoms with Crippen molar-refractivity contribution in [1.29, 1.82) is 0 Å². The average molecular weight is 227 g/mol. The molecule has 0 radical (unpaired) electrons. The van der Waals surface area contributed by atoms with Gasteiger partial charge in [-0.05, 0) is 26.2 Å². The molecule has 2 unspecified atom stereocenters. The number of hydrogen-bond acceptors (Lipinski definition) is 4. The topological polar surface area (TPSA) is 47.6 Å². The molecule has 0 spiro atoms. The predicted octanol–water partition coefficient (Wildman–Crippen LogP) is 1.12. The van der Waals surface area contributed by atoms with Crippen molar-refractivity contribution >= 4 is 5.97 Å². The van der Waals surface area contributed by atoms with Gasteiger partial charge in [0.1, 0.15) is 0 Å². The molecule has 0 aromatic carbocycles. The molecule has 0 amide bonds. The van der Waals surface area contributed by atoms with E-state index in [-0.39, 0.29) is 5.97 Å². The molecule has 0 aliphatic carbocycles. The summed E-state index contributed by atoms with van der Waals surface area (Å²) in [6, 6.07) is 0. The van der Waals surface area contributed by atoms with Crippen LogP contribution >= 0.6 is 0 Å². The number of ether oxygens (including phenoxy) is 2. The van der Waals surface area contributed by atoms with Gasteiger partial charge < -0.3 is 14.8 Å². The molecule has 1 saturated heterocycles. The van der Waals surface area contributed by atoms with E-state index in [1.807, 2.05) is 0 Å². The van der Waals surface area contributed by atoms with E-state index in [1.54, 1.807) is 13.0 Å². The van der Waals surface area contributed by atoms with Crippen molar-refractivity contribution in [3.63, 3.8) is 0 Å². The number of hydrogen-bond donors (Lipinski definition) is 1. The second-order valence-corrected chi connectivity index (χ2v) is 3.94. The molecule has 1 N–H and O–H groups in total. The maximum Gasteiger partial charge on any atom is 0.330 e. The van der Waals surface area contributed by atoms with Crippen LogP contribution in [0.25, 0.3) is 0 Å². The molecule has 1 aliphatic heterocycles. The molecular weight excluding hydrogens is 206 g/mol. The zero-order chi connectivity index (χ0) is 11.8. The van der Waals surface area contributed by atoms with Crippen molar-refractivity contribution in [2.45, 2.75) is 26.4 Å². The highest BCUT2D eigenvalue weighted by molar-refractivity contribution is 5.81. The molecule has 16 heavy (non-hydrogen) atoms. The number of carbonyl (C=O) groups excluding carboxylic acids is 1. The third-order valence-electron chi connectivity index (χ3n) is 2.74. The summed E-state index contributed by atoms with van der Waals surface area (Å²) in [7, 11) is 0. The van der Waals surface area contributed by atoms with E-state index in [4.69, 9.17) is 9.47 Å². The number of esters is 1. The minimum absolute atomic E-state index is 0.276. The summed E-state index contributed by atoms with van der Waals surface area (Å²) in [5.74, 6) is 0.317. The fourth-order valence-corrected chi connectivity index (χ4v) is 1.74. The Hall–Kier alpha value is -0.870. The van der Waals surface area contributed by atoms with E-state index >= 15 is 0 Å². The fraction of sp³-hybridized carbons (Fsp3) is 0.750. The zero-order valence-corrected chi connectivity index (χ0v) is 10.1. The van der Waals surface area contributed by atoms with Gasteiger partial charge in [0.2, 0.25) is 0 Å². The fourth-order valence-electron chi connectivity index (χ4n) is 1.74. The lowest BCUT2D eigenvalue weighted by atomic mass is 10.0. The van der Waals surface area contributed by atoms with Gasteiger partial charge in [0.15, 0.2) is 0 Å². The lowest BCUT2D eigenvalue weighted by Gasteiger charge is -2.13. The Bertz CT molecular complexity index is 240. The monoisotopic (exact) mass is 227 g/mol. The number of rotatable bonds is 6. The van der Waals surface area contributed by atoms with Crippen LogP contribution in [-0.4, -0.2) is 38.4 Å². The van der Waals surface area contributed by atoms with E-state index in [1.165, 1.54) is 6.08 Å². The van der Waals surface area contributed by atoms with Crippen LogP contribution in [0.1, 0.15) is 20.3 Å². The van der Waals surface area contributed by atoms with Gasteiger partial charge in [-0.1, -0.05) is 6.08 Å². The van der Waals surface area contributed by atoms with Crippen molar-refractivity contribution < 1.29 is 14.3 Å². The van der Waals surface area contributed by atoms with E-state index in [9.17, 15) is 4.79 Å². The van der Waals surface area contributed by atoms with Crippen LogP contribution < -0.4 is 5.32 Å². The van der Waals surface area contributed by atoms with Crippen LogP contribution in [0.4, 0.5) is 0 Å². The molecular formula is C12H21NO3. The predicted molar refractivity (Wildman–Crippen MR) is 62.2 cm³/mol. The molecule has 0 saturated carbocycles. The molecule has 1 heterocycles. The highest BCUT2D eigenvalue weighted by Gasteiger charge is 2.23. The number of carbonyl (C=O) groups is 1. The van der Waals surface area contributed by atoms with Crippen LogP contribution in [0, 0.1) is 5.92 Å². The standard InChI is InChI=1S/C12H21NO3/c1-3-15-12(14)5-4-7-13-9-11-6-8-16-10(11)2/h4-5,10-11,13H,3,6-9H2,1-2H3/b5-4+. The average Bonchev–Trinajstić information content (AvgIpc) is 2.64. The second kappa shape index (κ2) is 7.41. The van der Waals surface area contributed by atoms with E-state index in [0.717, 1.165) is 19.6 Å². The molecule has 4 heteroatoms. The van der Waals surface area contributed by atoms with Crippen molar-refractivity contribution in [2.24, 2.45) is 5.92 Å². The van der Waals surface area contributed by atoms with Gasteiger partial charge in [-0.15, -0.1) is 0 Å². The van der Waals surface area contributed by atoms with Crippen molar-refractivity contribution in [1.82, 2.24) is 5.32 Å². The Kier molecular flexibility index (Phi) is 6.11. The van der Waals surface area contributed by atoms with Gasteiger partial charge in [-0.2, -0.15) is 0 Å². The first-order valence-corrected chi connectivity index (χ1v) is 5.89. The first-order valence-electron chi connectivity index (χ1n) is 5.89. The third-order valence-corrected chi connectivity index (χ3v) is 2.74. The van der Waals surface area contributed by atoms with Crippen LogP contribution in [0.5, 0.6) is 0 Å². The lowest BCUT2D eigenvalue weighted by Crippen LogP contribution is -2.27. The van der Waals surface area contributed by atoms with Crippen molar-refractivity contribution in [2.75, 3.05) is 26.3 Å². The maximum atomic E-state index is 11.0. The first kappa shape index (κ1) is 13.2. The molecule has 0 bridgehead atoms. The first-order chi connectivity index (χ1) is 7.74. The summed E-state index contributed by atoms with van der Waals surface area (Å²) in [5, 5.41) is 3.28. The summed E-state index contributed by atoms with van der Waals surface area (Å²) in [6.07, 6.45) is 4.72. The van der Waals surface area contributed by atoms with Crippen LogP contribution in [-0.2, 0) is 14.3 Å². The Balaban J connectivity index is 2.05. The molecule has 1 rings (SSSR count). The minimum atomic E-state index is -0.276. The molecule has 92 valence electrons. The Morgan fingerprint density at radius 1 is 1.62 bits per heavy atom. The lowest BCUT2D eigenvalue weighted by molar-refractivity contribution is -0.137. The SMILES string of the molecule is CCOC(=O)/C=C/CNCC1CCOC1C. The summed E-state index contributed by atoms with van der Waals surface area (Å²) < 4.78 is 10.2. The van der Waals surface area contributed by atoms with Gasteiger partial charge in [-0.25, -0.2) is 4.79 Å². The molecule has 0 aromatic heterocycles. The van der Waals surface area contributed by atoms with Crippen molar-refractivity contribution in [3.8, 4) is 0 Å². The van der Waals surface area contributed by atoms with Crippen LogP contribution in [0.2, 0.25) is 0 Å². The Labute approximate surface area is 97.0 Å². The summed E-state index contributed by atoms with van der Waals surface area (Å²) in [6.45, 7) is 6.83. The Morgan fingerprint density at radius 2 is 2.44 bits per heavy atom. The Morgan fingerprint density at radius 3 is 3.06 bits per heavy atom. The summed E-state index contributed by atoms with van der Waals surface area (Å²) in [4.78, 5) is 11.0. The van der Waals surface area contributed by atoms with Crippen LogP contribution in [0.3, 0.4) is 0 Å². The highest BCUT2D eigenvalue weighted by Crippen LogP contribution is 2.18. The highest BCUT2D eigenvalue weighted by atomic mass is 16.5. The summed E-state index contributed by atoms with van der Waals surface area (Å²) in [5.41, 5.74) is 0. The van der Waals surface area contributed by atoms with Gasteiger partial charge >= 0.3 is 5.97 Å². The third kappa shape index (κ3) is 4.77. The molecule has 2 atom stereocenters. The van der Waals surface area contributed by atoms with Gasteiger partial charge in [0.25, 0.3) is 0 Å². The van der Waals surface area contributed by atoms with E-state index < -0.39 is 0 Å². The quantitative estimate of drug-likeness (QED) is 0.419. The maximum absolute atomic E-state index is 11.0. The van der Waals surface area contributed by atoms with Gasteiger partial charge in [0.05, 0.1) is 12.7 Å². The number of nitrogens with one attached hydrogen (secondary N) is 1. The zero-order valence-electron chi connectivity index (χ0n) is 10.1. The van der Waals surface area contributed by atoms with Gasteiger partial charge in [-0.3, -0.25) is 0 Å². The summed E-state index contributed by atoms with van der Waals surface area (Å²) >= 11 is 0. The van der Waals surface area contributed by atoms with Crippen LogP contribution in [0.15, 0.2) is 12.2 Å². The smallest absolute Gasteiger partial charge is 0.330 e. The van der Waals surface area contributed by atoms with E-state index in [0.29, 0.717) is 25.2 Å². The largest absolute Gasteiger partial charge is 0.463 e. The van der Waals surface area contributed by atoms with E-state index in [2.05, 4.69) is 12.2 Å². The second-order valence-electron chi connectivity index (χ2n) is 3.94. The van der Waals surface area contributed by atoms with Gasteiger partial charge in [0, 0.05) is 25.8 Å². The minimum Gasteiger partial charge on any atom is -0.463 e. The molecule has 1 aliphatic rings.